The minimum Gasteiger partial charge on any atom is -0.495 e. The molecule has 1 heterocycles. The Morgan fingerprint density at radius 2 is 1.95 bits per heavy atom. The normalized spacial score (nSPS) is 11.4. The summed E-state index contributed by atoms with van der Waals surface area (Å²) in [5, 5.41) is 0. The van der Waals surface area contributed by atoms with E-state index in [-0.39, 0.29) is 17.2 Å². The summed E-state index contributed by atoms with van der Waals surface area (Å²) < 4.78 is 32.2. The van der Waals surface area contributed by atoms with Crippen molar-refractivity contribution < 1.29 is 17.9 Å². The Morgan fingerprint density at radius 3 is 2.59 bits per heavy atom. The Bertz CT molecular complexity index is 765. The van der Waals surface area contributed by atoms with Crippen molar-refractivity contribution in [2.75, 3.05) is 13.7 Å². The van der Waals surface area contributed by atoms with Gasteiger partial charge in [0.15, 0.2) is 5.78 Å². The number of carbonyl (C=O) groups excluding carboxylic acids is 1. The zero-order valence-electron chi connectivity index (χ0n) is 12.3. The van der Waals surface area contributed by atoms with Crippen LogP contribution in [0.4, 0.5) is 0 Å². The van der Waals surface area contributed by atoms with Crippen molar-refractivity contribution in [3.8, 4) is 5.75 Å². The maximum atomic E-state index is 12.3. The lowest BCUT2D eigenvalue weighted by atomic mass is 10.3. The number of hydrogen-bond donors (Lipinski definition) is 1. The molecule has 0 fully saturated rings. The summed E-state index contributed by atoms with van der Waals surface area (Å²) in [7, 11) is -2.19. The second-order valence-corrected chi connectivity index (χ2v) is 7.52. The zero-order valence-corrected chi connectivity index (χ0v) is 14.0. The minimum atomic E-state index is -3.62. The van der Waals surface area contributed by atoms with Crippen LogP contribution in [0.1, 0.15) is 21.5 Å². The Kier molecular flexibility index (Phi) is 5.33. The van der Waals surface area contributed by atoms with Gasteiger partial charge in [-0.1, -0.05) is 12.1 Å². The van der Waals surface area contributed by atoms with E-state index in [1.165, 1.54) is 31.4 Å². The van der Waals surface area contributed by atoms with Crippen LogP contribution in [0.2, 0.25) is 0 Å². The van der Waals surface area contributed by atoms with Crippen molar-refractivity contribution in [1.29, 1.82) is 0 Å². The van der Waals surface area contributed by atoms with Gasteiger partial charge in [-0.2, -0.15) is 0 Å². The summed E-state index contributed by atoms with van der Waals surface area (Å²) in [6.07, 6.45) is 0.534. The Labute approximate surface area is 134 Å². The molecule has 22 heavy (non-hydrogen) atoms. The molecule has 0 bridgehead atoms. The van der Waals surface area contributed by atoms with Crippen LogP contribution >= 0.6 is 11.3 Å². The van der Waals surface area contributed by atoms with E-state index in [0.717, 1.165) is 4.88 Å². The molecule has 1 aromatic heterocycles. The van der Waals surface area contributed by atoms with Gasteiger partial charge < -0.3 is 4.74 Å². The van der Waals surface area contributed by atoms with Crippen LogP contribution in [0.3, 0.4) is 0 Å². The predicted molar refractivity (Wildman–Crippen MR) is 86.2 cm³/mol. The van der Waals surface area contributed by atoms with E-state index in [1.54, 1.807) is 24.3 Å². The lowest BCUT2D eigenvalue weighted by Gasteiger charge is -2.10. The quantitative estimate of drug-likeness (QED) is 0.787. The highest BCUT2D eigenvalue weighted by atomic mass is 32.2. The molecule has 0 saturated carbocycles. The second-order valence-electron chi connectivity index (χ2n) is 4.62. The highest BCUT2D eigenvalue weighted by molar-refractivity contribution is 7.89. The monoisotopic (exact) mass is 339 g/mol. The lowest BCUT2D eigenvalue weighted by Crippen LogP contribution is -2.26. The summed E-state index contributed by atoms with van der Waals surface area (Å²) in [6, 6.07) is 10.1. The molecule has 0 radical (unpaired) electrons. The lowest BCUT2D eigenvalue weighted by molar-refractivity contribution is 0.102. The van der Waals surface area contributed by atoms with Crippen molar-refractivity contribution in [3.05, 3.63) is 46.2 Å². The maximum absolute atomic E-state index is 12.3. The van der Waals surface area contributed by atoms with Crippen molar-refractivity contribution in [3.63, 3.8) is 0 Å². The number of nitrogens with one attached hydrogen (secondary N) is 1. The molecule has 1 N–H and O–H groups in total. The van der Waals surface area contributed by atoms with E-state index in [9.17, 15) is 13.2 Å². The summed E-state index contributed by atoms with van der Waals surface area (Å²) in [4.78, 5) is 13.0. The van der Waals surface area contributed by atoms with Crippen LogP contribution in [0.25, 0.3) is 0 Å². The fourth-order valence-electron chi connectivity index (χ4n) is 1.93. The molecular formula is C15H17NO4S2. The highest BCUT2D eigenvalue weighted by Gasteiger charge is 2.18. The number of ether oxygens (including phenoxy) is 1. The first-order valence-electron chi connectivity index (χ1n) is 6.66. The smallest absolute Gasteiger partial charge is 0.244 e. The highest BCUT2D eigenvalue weighted by Crippen LogP contribution is 2.22. The van der Waals surface area contributed by atoms with Gasteiger partial charge in [-0.15, -0.1) is 11.3 Å². The van der Waals surface area contributed by atoms with Crippen LogP contribution in [0.15, 0.2) is 41.3 Å². The number of rotatable bonds is 7. The zero-order chi connectivity index (χ0) is 16.2. The summed E-state index contributed by atoms with van der Waals surface area (Å²) in [6.45, 7) is 1.78. The van der Waals surface area contributed by atoms with Gasteiger partial charge in [-0.3, -0.25) is 4.79 Å². The van der Waals surface area contributed by atoms with E-state index >= 15 is 0 Å². The van der Waals surface area contributed by atoms with Crippen molar-refractivity contribution in [2.45, 2.75) is 18.2 Å². The van der Waals surface area contributed by atoms with Gasteiger partial charge in [0.05, 0.1) is 12.0 Å². The molecule has 0 atom stereocenters. The SMILES string of the molecule is COc1ccccc1S(=O)(=O)NCCc1ccc(C(C)=O)s1. The number of ketones is 1. The Morgan fingerprint density at radius 1 is 1.23 bits per heavy atom. The van der Waals surface area contributed by atoms with Crippen molar-refractivity contribution in [2.24, 2.45) is 0 Å². The molecule has 0 amide bonds. The van der Waals surface area contributed by atoms with Crippen molar-refractivity contribution >= 4 is 27.1 Å². The molecule has 2 aromatic rings. The van der Waals surface area contributed by atoms with Gasteiger partial charge >= 0.3 is 0 Å². The third kappa shape index (κ3) is 3.94. The van der Waals surface area contributed by atoms with Gasteiger partial charge in [-0.05, 0) is 37.6 Å². The molecule has 7 heteroatoms. The number of sulfonamides is 1. The number of benzene rings is 1. The van der Waals surface area contributed by atoms with E-state index in [1.807, 2.05) is 6.07 Å². The fourth-order valence-corrected chi connectivity index (χ4v) is 4.03. The number of Topliss-reactive ketones (excluding diaryl/α,β-unsaturated/α-hetero) is 1. The third-order valence-electron chi connectivity index (χ3n) is 3.03. The Hall–Kier alpha value is -1.70. The molecule has 0 spiro atoms. The maximum Gasteiger partial charge on any atom is 0.244 e. The van der Waals surface area contributed by atoms with E-state index in [4.69, 9.17) is 4.74 Å². The Balaban J connectivity index is 2.02. The fraction of sp³-hybridized carbons (Fsp3) is 0.267. The minimum absolute atomic E-state index is 0.0193. The van der Waals surface area contributed by atoms with Gasteiger partial charge in [0, 0.05) is 11.4 Å². The van der Waals surface area contributed by atoms with Gasteiger partial charge in [0.25, 0.3) is 0 Å². The average Bonchev–Trinajstić information content (AvgIpc) is 2.96. The van der Waals surface area contributed by atoms with E-state index in [2.05, 4.69) is 4.72 Å². The van der Waals surface area contributed by atoms with Crippen LogP contribution in [-0.4, -0.2) is 27.9 Å². The standard InChI is InChI=1S/C15H17NO4S2/c1-11(17)14-8-7-12(21-14)9-10-16-22(18,19)15-6-4-3-5-13(15)20-2/h3-8,16H,9-10H2,1-2H3. The van der Waals surface area contributed by atoms with Crippen LogP contribution in [-0.2, 0) is 16.4 Å². The summed E-state index contributed by atoms with van der Waals surface area (Å²) in [5.74, 6) is 0.329. The van der Waals surface area contributed by atoms with Gasteiger partial charge in [-0.25, -0.2) is 13.1 Å². The summed E-state index contributed by atoms with van der Waals surface area (Å²) in [5.41, 5.74) is 0. The number of carbonyl (C=O) groups is 1. The molecule has 5 nitrogen and oxygen atoms in total. The summed E-state index contributed by atoms with van der Waals surface area (Å²) >= 11 is 1.39. The van der Waals surface area contributed by atoms with Gasteiger partial charge in [0.1, 0.15) is 10.6 Å². The first-order valence-corrected chi connectivity index (χ1v) is 8.96. The van der Waals surface area contributed by atoms with Crippen LogP contribution in [0, 0.1) is 0 Å². The molecular weight excluding hydrogens is 322 g/mol. The average molecular weight is 339 g/mol. The third-order valence-corrected chi connectivity index (χ3v) is 5.78. The first-order chi connectivity index (χ1) is 10.4. The largest absolute Gasteiger partial charge is 0.495 e. The molecule has 0 unspecified atom stereocenters. The molecule has 118 valence electrons. The first kappa shape index (κ1) is 16.7. The predicted octanol–water partition coefficient (Wildman–Crippen LogP) is 2.48. The molecule has 2 rings (SSSR count). The molecule has 0 aliphatic carbocycles. The molecule has 0 aliphatic rings. The van der Waals surface area contributed by atoms with Gasteiger partial charge in [0.2, 0.25) is 10.0 Å². The molecule has 0 saturated heterocycles. The number of thiophene rings is 1. The van der Waals surface area contributed by atoms with Crippen LogP contribution in [0.5, 0.6) is 5.75 Å². The van der Waals surface area contributed by atoms with Crippen molar-refractivity contribution in [1.82, 2.24) is 4.72 Å². The number of para-hydroxylation sites is 1. The topological polar surface area (TPSA) is 72.5 Å². The number of methoxy groups -OCH3 is 1. The molecule has 1 aromatic carbocycles. The second kappa shape index (κ2) is 7.04. The molecule has 0 aliphatic heterocycles. The van der Waals surface area contributed by atoms with E-state index < -0.39 is 10.0 Å². The van der Waals surface area contributed by atoms with E-state index in [0.29, 0.717) is 17.0 Å². The number of hydrogen-bond acceptors (Lipinski definition) is 5. The van der Waals surface area contributed by atoms with Crippen LogP contribution < -0.4 is 9.46 Å².